The molecule has 26 heavy (non-hydrogen) atoms. The van der Waals surface area contributed by atoms with Crippen molar-refractivity contribution in [2.45, 2.75) is 13.2 Å². The highest BCUT2D eigenvalue weighted by Gasteiger charge is 2.12. The molecule has 0 radical (unpaired) electrons. The summed E-state index contributed by atoms with van der Waals surface area (Å²) in [6.07, 6.45) is 2.92. The van der Waals surface area contributed by atoms with Gasteiger partial charge in [-0.1, -0.05) is 41.4 Å². The van der Waals surface area contributed by atoms with Crippen molar-refractivity contribution in [2.75, 3.05) is 7.11 Å². The Bertz CT molecular complexity index is 996. The van der Waals surface area contributed by atoms with Crippen LogP contribution in [-0.4, -0.2) is 28.0 Å². The van der Waals surface area contributed by atoms with Crippen molar-refractivity contribution in [2.24, 2.45) is 0 Å². The molecule has 0 saturated heterocycles. The Labute approximate surface area is 160 Å². The number of fused-ring (bicyclic) bond motifs is 1. The van der Waals surface area contributed by atoms with Crippen LogP contribution in [0.15, 0.2) is 42.5 Å². The molecule has 134 valence electrons. The van der Waals surface area contributed by atoms with Crippen LogP contribution in [0.1, 0.15) is 16.8 Å². The average Bonchev–Trinajstić information content (AvgIpc) is 2.98. The Morgan fingerprint density at radius 2 is 2.08 bits per heavy atom. The lowest BCUT2D eigenvalue weighted by Gasteiger charge is -2.07. The zero-order valence-electron chi connectivity index (χ0n) is 13.9. The van der Waals surface area contributed by atoms with Gasteiger partial charge >= 0.3 is 5.97 Å². The van der Waals surface area contributed by atoms with Crippen LogP contribution in [0.25, 0.3) is 17.0 Å². The lowest BCUT2D eigenvalue weighted by molar-refractivity contribution is -0.134. The smallest absolute Gasteiger partial charge is 0.330 e. The van der Waals surface area contributed by atoms with E-state index < -0.39 is 5.97 Å². The van der Waals surface area contributed by atoms with E-state index in [-0.39, 0.29) is 6.61 Å². The number of halogens is 2. The lowest BCUT2D eigenvalue weighted by Crippen LogP contribution is -2.03. The maximum atomic E-state index is 11.4. The first kappa shape index (κ1) is 18.5. The third-order valence-corrected chi connectivity index (χ3v) is 4.53. The van der Waals surface area contributed by atoms with Crippen LogP contribution < -0.4 is 0 Å². The highest BCUT2D eigenvalue weighted by Crippen LogP contribution is 2.26. The summed E-state index contributed by atoms with van der Waals surface area (Å²) in [6, 6.07) is 10.8. The summed E-state index contributed by atoms with van der Waals surface area (Å²) < 4.78 is 6.40. The van der Waals surface area contributed by atoms with Crippen LogP contribution in [0.3, 0.4) is 0 Å². The second-order valence-electron chi connectivity index (χ2n) is 5.64. The van der Waals surface area contributed by atoms with Crippen molar-refractivity contribution in [1.82, 2.24) is 9.78 Å². The van der Waals surface area contributed by atoms with Gasteiger partial charge in [0, 0.05) is 21.5 Å². The van der Waals surface area contributed by atoms with E-state index in [2.05, 4.69) is 9.84 Å². The summed E-state index contributed by atoms with van der Waals surface area (Å²) in [5, 5.41) is 16.0. The van der Waals surface area contributed by atoms with E-state index in [4.69, 9.17) is 23.2 Å². The predicted octanol–water partition coefficient (Wildman–Crippen LogP) is 4.07. The van der Waals surface area contributed by atoms with E-state index in [1.807, 2.05) is 24.3 Å². The molecule has 0 saturated carbocycles. The Morgan fingerprint density at radius 3 is 2.77 bits per heavy atom. The molecule has 0 aliphatic rings. The van der Waals surface area contributed by atoms with Crippen molar-refractivity contribution in [3.63, 3.8) is 0 Å². The number of ether oxygens (including phenoxy) is 1. The Kier molecular flexibility index (Phi) is 5.61. The van der Waals surface area contributed by atoms with Crippen LogP contribution in [0.4, 0.5) is 0 Å². The molecule has 0 aliphatic heterocycles. The third kappa shape index (κ3) is 3.90. The summed E-state index contributed by atoms with van der Waals surface area (Å²) >= 11 is 12.2. The number of carbonyl (C=O) groups is 1. The highest BCUT2D eigenvalue weighted by atomic mass is 35.5. The van der Waals surface area contributed by atoms with Gasteiger partial charge in [-0.25, -0.2) is 4.79 Å². The number of hydrogen-bond donors (Lipinski definition) is 1. The first-order valence-electron chi connectivity index (χ1n) is 7.82. The minimum Gasteiger partial charge on any atom is -0.466 e. The van der Waals surface area contributed by atoms with Crippen molar-refractivity contribution in [1.29, 1.82) is 0 Å². The number of esters is 1. The summed E-state index contributed by atoms with van der Waals surface area (Å²) in [4.78, 5) is 11.4. The SMILES string of the molecule is COC(=O)C=Cc1nn(Cc2ccc(Cl)cc2Cl)c2cc(CO)ccc12. The van der Waals surface area contributed by atoms with Gasteiger partial charge in [-0.05, 0) is 35.4 Å². The third-order valence-electron chi connectivity index (χ3n) is 3.94. The van der Waals surface area contributed by atoms with Gasteiger partial charge in [-0.3, -0.25) is 4.68 Å². The molecule has 0 unspecified atom stereocenters. The molecule has 0 atom stereocenters. The van der Waals surface area contributed by atoms with E-state index in [1.54, 1.807) is 22.9 Å². The van der Waals surface area contributed by atoms with E-state index in [0.29, 0.717) is 22.3 Å². The molecule has 0 aliphatic carbocycles. The highest BCUT2D eigenvalue weighted by molar-refractivity contribution is 6.35. The maximum absolute atomic E-state index is 11.4. The van der Waals surface area contributed by atoms with Crippen LogP contribution >= 0.6 is 23.2 Å². The van der Waals surface area contributed by atoms with Gasteiger partial charge in [0.2, 0.25) is 0 Å². The number of rotatable bonds is 5. The molecule has 1 N–H and O–H groups in total. The van der Waals surface area contributed by atoms with E-state index in [1.165, 1.54) is 13.2 Å². The van der Waals surface area contributed by atoms with E-state index in [0.717, 1.165) is 22.0 Å². The number of carbonyl (C=O) groups excluding carboxylic acids is 1. The first-order chi connectivity index (χ1) is 12.5. The normalized spacial score (nSPS) is 11.4. The molecule has 0 bridgehead atoms. The Balaban J connectivity index is 2.08. The maximum Gasteiger partial charge on any atom is 0.330 e. The van der Waals surface area contributed by atoms with E-state index >= 15 is 0 Å². The van der Waals surface area contributed by atoms with Gasteiger partial charge in [-0.15, -0.1) is 0 Å². The number of methoxy groups -OCH3 is 1. The first-order valence-corrected chi connectivity index (χ1v) is 8.57. The minimum atomic E-state index is -0.458. The minimum absolute atomic E-state index is 0.0733. The van der Waals surface area contributed by atoms with Crippen molar-refractivity contribution in [3.05, 3.63) is 69.3 Å². The molecule has 0 amide bonds. The summed E-state index contributed by atoms with van der Waals surface area (Å²) in [5.74, 6) is -0.458. The molecular formula is C19H16Cl2N2O3. The Hall–Kier alpha value is -2.34. The van der Waals surface area contributed by atoms with Crippen molar-refractivity contribution < 1.29 is 14.6 Å². The molecule has 5 nitrogen and oxygen atoms in total. The average molecular weight is 391 g/mol. The van der Waals surface area contributed by atoms with Gasteiger partial charge in [-0.2, -0.15) is 5.10 Å². The predicted molar refractivity (Wildman–Crippen MR) is 102 cm³/mol. The second kappa shape index (κ2) is 7.91. The monoisotopic (exact) mass is 390 g/mol. The Morgan fingerprint density at radius 1 is 1.27 bits per heavy atom. The molecule has 1 aromatic heterocycles. The molecule has 0 fully saturated rings. The number of aliphatic hydroxyl groups excluding tert-OH is 1. The topological polar surface area (TPSA) is 64.3 Å². The number of aromatic nitrogens is 2. The van der Waals surface area contributed by atoms with Crippen LogP contribution in [-0.2, 0) is 22.7 Å². The summed E-state index contributed by atoms with van der Waals surface area (Å²) in [6.45, 7) is 0.351. The summed E-state index contributed by atoms with van der Waals surface area (Å²) in [7, 11) is 1.32. The lowest BCUT2D eigenvalue weighted by atomic mass is 10.1. The molecule has 3 rings (SSSR count). The van der Waals surface area contributed by atoms with Crippen molar-refractivity contribution >= 4 is 46.2 Å². The van der Waals surface area contributed by atoms with Crippen molar-refractivity contribution in [3.8, 4) is 0 Å². The van der Waals surface area contributed by atoms with E-state index in [9.17, 15) is 9.90 Å². The fraction of sp³-hybridized carbons (Fsp3) is 0.158. The number of benzene rings is 2. The fourth-order valence-electron chi connectivity index (χ4n) is 2.61. The fourth-order valence-corrected chi connectivity index (χ4v) is 3.08. The van der Waals surface area contributed by atoms with Gasteiger partial charge in [0.15, 0.2) is 0 Å². The van der Waals surface area contributed by atoms with Gasteiger partial charge in [0.05, 0.1) is 31.5 Å². The molecule has 2 aromatic carbocycles. The van der Waals surface area contributed by atoms with Crippen LogP contribution in [0, 0.1) is 0 Å². The van der Waals surface area contributed by atoms with Gasteiger partial charge in [0.1, 0.15) is 0 Å². The number of hydrogen-bond acceptors (Lipinski definition) is 4. The molecule has 7 heteroatoms. The number of aliphatic hydroxyl groups is 1. The zero-order chi connectivity index (χ0) is 18.7. The van der Waals surface area contributed by atoms with Crippen LogP contribution in [0.2, 0.25) is 10.0 Å². The molecular weight excluding hydrogens is 375 g/mol. The number of nitrogens with zero attached hydrogens (tertiary/aromatic N) is 2. The quantitative estimate of drug-likeness (QED) is 0.526. The molecule has 0 spiro atoms. The van der Waals surface area contributed by atoms with Crippen LogP contribution in [0.5, 0.6) is 0 Å². The summed E-state index contributed by atoms with van der Waals surface area (Å²) in [5.41, 5.74) is 3.08. The zero-order valence-corrected chi connectivity index (χ0v) is 15.5. The van der Waals surface area contributed by atoms with Gasteiger partial charge in [0.25, 0.3) is 0 Å². The van der Waals surface area contributed by atoms with Gasteiger partial charge < -0.3 is 9.84 Å². The molecule has 3 aromatic rings. The standard InChI is InChI=1S/C19H16Cl2N2O3/c1-26-19(25)7-6-17-15-5-2-12(11-24)8-18(15)23(22-17)10-13-3-4-14(20)9-16(13)21/h2-9,24H,10-11H2,1H3. The largest absolute Gasteiger partial charge is 0.466 e. The molecule has 1 heterocycles. The second-order valence-corrected chi connectivity index (χ2v) is 6.49.